The number of aliphatic hydroxyl groups is 1. The molecule has 13 heteroatoms. The molecule has 164 valence electrons. The summed E-state index contributed by atoms with van der Waals surface area (Å²) >= 11 is 0. The van der Waals surface area contributed by atoms with Gasteiger partial charge in [-0.15, -0.1) is 0 Å². The molecule has 13 nitrogen and oxygen atoms in total. The number of rotatable bonds is 13. The van der Waals surface area contributed by atoms with E-state index >= 15 is 0 Å². The first-order valence-corrected chi connectivity index (χ1v) is 9.14. The van der Waals surface area contributed by atoms with E-state index in [9.17, 15) is 19.5 Å². The van der Waals surface area contributed by atoms with E-state index in [1.54, 1.807) is 0 Å². The van der Waals surface area contributed by atoms with Crippen molar-refractivity contribution in [3.8, 4) is 0 Å². The third-order valence-corrected chi connectivity index (χ3v) is 4.04. The molecule has 1 aromatic rings. The minimum Gasteiger partial charge on any atom is -0.481 e. The third kappa shape index (κ3) is 8.41. The Bertz CT molecular complexity index is 680. The van der Waals surface area contributed by atoms with Gasteiger partial charge in [0, 0.05) is 6.42 Å². The van der Waals surface area contributed by atoms with Gasteiger partial charge in [0.25, 0.3) is 0 Å². The number of unbranched alkanes of at least 4 members (excludes halogenated alkanes) is 1. The molecule has 0 aliphatic heterocycles. The van der Waals surface area contributed by atoms with Gasteiger partial charge in [0.2, 0.25) is 5.89 Å². The van der Waals surface area contributed by atoms with Gasteiger partial charge >= 0.3 is 18.0 Å². The van der Waals surface area contributed by atoms with Crippen LogP contribution in [0.1, 0.15) is 62.8 Å². The molecule has 0 spiro atoms. The van der Waals surface area contributed by atoms with Gasteiger partial charge in [0.05, 0.1) is 12.1 Å². The van der Waals surface area contributed by atoms with E-state index in [4.69, 9.17) is 26.2 Å². The van der Waals surface area contributed by atoms with Crippen LogP contribution >= 0.6 is 0 Å². The fourth-order valence-corrected chi connectivity index (χ4v) is 2.43. The minimum absolute atomic E-state index is 0.0606. The second kappa shape index (κ2) is 11.9. The molecule has 1 aromatic heterocycles. The summed E-state index contributed by atoms with van der Waals surface area (Å²) in [5.41, 5.74) is 11.4. The van der Waals surface area contributed by atoms with Gasteiger partial charge < -0.3 is 41.9 Å². The van der Waals surface area contributed by atoms with Gasteiger partial charge in [-0.3, -0.25) is 4.79 Å². The highest BCUT2D eigenvalue weighted by atomic mass is 16.5. The monoisotopic (exact) mass is 416 g/mol. The summed E-state index contributed by atoms with van der Waals surface area (Å²) in [7, 11) is 0. The Morgan fingerprint density at radius 1 is 1.17 bits per heavy atom. The van der Waals surface area contributed by atoms with Gasteiger partial charge in [0.1, 0.15) is 6.04 Å². The Kier molecular flexibility index (Phi) is 9.99. The van der Waals surface area contributed by atoms with Gasteiger partial charge in [-0.2, -0.15) is 4.98 Å². The standard InChI is InChI=1S/C16H28N6O7/c1-8(23)12(15(26)27)20-16(28)19-10(5-6-11(24)25)14-21-13(22-29-14)9(18)4-2-3-7-17/h8-10,12,23H,2-7,17-18H2,1H3,(H,24,25)(H,26,27)(H2,19,20,28)/t8?,9-,10-,12-/m0/s1. The van der Waals surface area contributed by atoms with Crippen LogP contribution in [0.3, 0.4) is 0 Å². The molecular weight excluding hydrogens is 388 g/mol. The van der Waals surface area contributed by atoms with Gasteiger partial charge in [0.15, 0.2) is 11.9 Å². The average molecular weight is 416 g/mol. The zero-order valence-corrected chi connectivity index (χ0v) is 16.1. The van der Waals surface area contributed by atoms with Crippen molar-refractivity contribution in [1.29, 1.82) is 0 Å². The van der Waals surface area contributed by atoms with Crippen molar-refractivity contribution in [2.75, 3.05) is 6.54 Å². The smallest absolute Gasteiger partial charge is 0.328 e. The zero-order valence-electron chi connectivity index (χ0n) is 16.1. The lowest BCUT2D eigenvalue weighted by molar-refractivity contribution is -0.141. The first-order chi connectivity index (χ1) is 13.6. The predicted octanol–water partition coefficient (Wildman–Crippen LogP) is -0.762. The third-order valence-electron chi connectivity index (χ3n) is 4.04. The summed E-state index contributed by atoms with van der Waals surface area (Å²) in [5, 5.41) is 35.6. The lowest BCUT2D eigenvalue weighted by Crippen LogP contribution is -2.51. The second-order valence-corrected chi connectivity index (χ2v) is 6.54. The number of hydrogen-bond acceptors (Lipinski definition) is 9. The van der Waals surface area contributed by atoms with Crippen LogP contribution in [0.25, 0.3) is 0 Å². The van der Waals surface area contributed by atoms with E-state index in [1.165, 1.54) is 6.92 Å². The molecule has 1 rings (SSSR count). The molecule has 0 aliphatic carbocycles. The maximum atomic E-state index is 12.1. The van der Waals surface area contributed by atoms with Gasteiger partial charge in [-0.05, 0) is 32.7 Å². The number of aliphatic carboxylic acids is 2. The number of carboxylic acids is 2. The molecule has 0 aliphatic rings. The predicted molar refractivity (Wildman–Crippen MR) is 98.5 cm³/mol. The number of nitrogens with one attached hydrogen (secondary N) is 2. The van der Waals surface area contributed by atoms with Crippen LogP contribution in [0.15, 0.2) is 4.52 Å². The van der Waals surface area contributed by atoms with Crippen LogP contribution in [-0.2, 0) is 9.59 Å². The van der Waals surface area contributed by atoms with Crippen LogP contribution in [0.4, 0.5) is 4.79 Å². The molecular formula is C16H28N6O7. The Labute approximate surface area is 166 Å². The number of aliphatic hydroxyl groups excluding tert-OH is 1. The maximum Gasteiger partial charge on any atom is 0.328 e. The highest BCUT2D eigenvalue weighted by Crippen LogP contribution is 2.20. The Morgan fingerprint density at radius 3 is 2.41 bits per heavy atom. The van der Waals surface area contributed by atoms with E-state index in [1.807, 2.05) is 0 Å². The van der Waals surface area contributed by atoms with Crippen LogP contribution < -0.4 is 22.1 Å². The topological polar surface area (TPSA) is 227 Å². The van der Waals surface area contributed by atoms with E-state index in [-0.39, 0.29) is 24.6 Å². The fraction of sp³-hybridized carbons (Fsp3) is 0.688. The molecule has 1 unspecified atom stereocenters. The number of hydrogen-bond donors (Lipinski definition) is 7. The highest BCUT2D eigenvalue weighted by molar-refractivity contribution is 5.83. The highest BCUT2D eigenvalue weighted by Gasteiger charge is 2.28. The summed E-state index contributed by atoms with van der Waals surface area (Å²) in [6, 6.07) is -4.00. The Hall–Kier alpha value is -2.77. The van der Waals surface area contributed by atoms with Crippen molar-refractivity contribution in [3.05, 3.63) is 11.7 Å². The summed E-state index contributed by atoms with van der Waals surface area (Å²) in [5.74, 6) is -2.40. The molecule has 0 bridgehead atoms. The van der Waals surface area contributed by atoms with Crippen molar-refractivity contribution in [2.24, 2.45) is 11.5 Å². The summed E-state index contributed by atoms with van der Waals surface area (Å²) < 4.78 is 5.12. The summed E-state index contributed by atoms with van der Waals surface area (Å²) in [4.78, 5) is 38.3. The lowest BCUT2D eigenvalue weighted by Gasteiger charge is -2.20. The van der Waals surface area contributed by atoms with Crippen molar-refractivity contribution in [2.45, 2.75) is 63.3 Å². The van der Waals surface area contributed by atoms with Gasteiger partial charge in [-0.25, -0.2) is 9.59 Å². The molecule has 4 atom stereocenters. The number of urea groups is 1. The molecule has 2 amide bonds. The Balaban J connectivity index is 2.86. The number of carbonyl (C=O) groups excluding carboxylic acids is 1. The van der Waals surface area contributed by atoms with E-state index in [0.717, 1.165) is 12.8 Å². The van der Waals surface area contributed by atoms with Crippen LogP contribution in [0.2, 0.25) is 0 Å². The normalized spacial score (nSPS) is 15.2. The van der Waals surface area contributed by atoms with E-state index < -0.39 is 42.2 Å². The molecule has 0 saturated heterocycles. The van der Waals surface area contributed by atoms with E-state index in [0.29, 0.717) is 13.0 Å². The molecule has 0 aromatic carbocycles. The van der Waals surface area contributed by atoms with Crippen molar-refractivity contribution >= 4 is 18.0 Å². The molecule has 0 radical (unpaired) electrons. The van der Waals surface area contributed by atoms with E-state index in [2.05, 4.69) is 20.8 Å². The minimum atomic E-state index is -1.55. The number of amides is 2. The van der Waals surface area contributed by atoms with Crippen LogP contribution in [-0.4, -0.2) is 62.1 Å². The first kappa shape index (κ1) is 24.3. The largest absolute Gasteiger partial charge is 0.481 e. The van der Waals surface area contributed by atoms with Gasteiger partial charge in [-0.1, -0.05) is 11.6 Å². The number of aromatic nitrogens is 2. The number of nitrogens with zero attached hydrogens (tertiary/aromatic N) is 2. The molecule has 29 heavy (non-hydrogen) atoms. The van der Waals surface area contributed by atoms with Crippen molar-refractivity contribution in [3.63, 3.8) is 0 Å². The summed E-state index contributed by atoms with van der Waals surface area (Å²) in [6.45, 7) is 1.74. The van der Waals surface area contributed by atoms with Crippen LogP contribution in [0.5, 0.6) is 0 Å². The molecule has 0 saturated carbocycles. The molecule has 1 heterocycles. The lowest BCUT2D eigenvalue weighted by atomic mass is 10.1. The first-order valence-electron chi connectivity index (χ1n) is 9.14. The maximum absolute atomic E-state index is 12.1. The number of carbonyl (C=O) groups is 3. The van der Waals surface area contributed by atoms with Crippen molar-refractivity contribution in [1.82, 2.24) is 20.8 Å². The zero-order chi connectivity index (χ0) is 22.0. The Morgan fingerprint density at radius 2 is 1.86 bits per heavy atom. The molecule has 9 N–H and O–H groups in total. The SMILES string of the molecule is CC(O)[C@H](NC(=O)N[C@@H](CCC(=O)O)c1nc([C@@H](N)CCCCN)no1)C(=O)O. The summed E-state index contributed by atoms with van der Waals surface area (Å²) in [6.07, 6.45) is 0.370. The van der Waals surface area contributed by atoms with Crippen molar-refractivity contribution < 1.29 is 34.2 Å². The van der Waals surface area contributed by atoms with Crippen LogP contribution in [0, 0.1) is 0 Å². The molecule has 0 fully saturated rings. The second-order valence-electron chi connectivity index (χ2n) is 6.54. The fourth-order valence-electron chi connectivity index (χ4n) is 2.43. The quantitative estimate of drug-likeness (QED) is 0.198. The average Bonchev–Trinajstić information content (AvgIpc) is 3.12. The number of nitrogens with two attached hydrogens (primary N) is 2. The number of carboxylic acid groups (broad SMARTS) is 2.